The molecule has 0 bridgehead atoms. The maximum absolute atomic E-state index is 5.62. The van der Waals surface area contributed by atoms with Crippen molar-refractivity contribution in [2.24, 2.45) is 0 Å². The molecule has 0 unspecified atom stereocenters. The van der Waals surface area contributed by atoms with Crippen LogP contribution in [0.5, 0.6) is 5.75 Å². The number of unbranched alkanes of at least 4 members (excludes halogenated alkanes) is 1. The lowest BCUT2D eigenvalue weighted by Gasteiger charge is -2.31. The first kappa shape index (κ1) is 15.8. The van der Waals surface area contributed by atoms with E-state index in [0.29, 0.717) is 0 Å². The van der Waals surface area contributed by atoms with Crippen LogP contribution in [-0.4, -0.2) is 31.1 Å². The van der Waals surface area contributed by atoms with Gasteiger partial charge in [-0.05, 0) is 86.3 Å². The minimum absolute atomic E-state index is 0.736. The Balaban J connectivity index is 1.69. The van der Waals surface area contributed by atoms with Gasteiger partial charge in [0.15, 0.2) is 0 Å². The highest BCUT2D eigenvalue weighted by molar-refractivity contribution is 7.17. The first-order valence-corrected chi connectivity index (χ1v) is 9.56. The molecule has 0 spiro atoms. The summed E-state index contributed by atoms with van der Waals surface area (Å²) >= 11 is 1.87. The van der Waals surface area contributed by atoms with Crippen molar-refractivity contribution in [2.75, 3.05) is 26.2 Å². The molecule has 1 aromatic heterocycles. The van der Waals surface area contributed by atoms with Gasteiger partial charge >= 0.3 is 0 Å². The van der Waals surface area contributed by atoms with E-state index in [-0.39, 0.29) is 0 Å². The van der Waals surface area contributed by atoms with E-state index in [2.05, 4.69) is 35.4 Å². The number of fused-ring (bicyclic) bond motifs is 1. The summed E-state index contributed by atoms with van der Waals surface area (Å²) in [5, 5.41) is 3.83. The molecule has 3 heteroatoms. The predicted octanol–water partition coefficient (Wildman–Crippen LogP) is 5.28. The average Bonchev–Trinajstić information content (AvgIpc) is 2.97. The van der Waals surface area contributed by atoms with E-state index < -0.39 is 0 Å². The number of hydrogen-bond donors (Lipinski definition) is 0. The quantitative estimate of drug-likeness (QED) is 0.718. The van der Waals surface area contributed by atoms with Gasteiger partial charge in [-0.2, -0.15) is 0 Å². The number of hydrogen-bond acceptors (Lipinski definition) is 3. The molecule has 1 aliphatic rings. The molecule has 2 aromatic rings. The zero-order valence-corrected chi connectivity index (χ0v) is 14.6. The highest BCUT2D eigenvalue weighted by Crippen LogP contribution is 2.38. The summed E-state index contributed by atoms with van der Waals surface area (Å²) in [5.74, 6) is 1.74. The minimum atomic E-state index is 0.736. The third-order valence-electron chi connectivity index (χ3n) is 4.74. The predicted molar refractivity (Wildman–Crippen MR) is 96.3 cm³/mol. The molecule has 0 amide bonds. The molecule has 1 fully saturated rings. The van der Waals surface area contributed by atoms with E-state index in [9.17, 15) is 0 Å². The Morgan fingerprint density at radius 1 is 1.23 bits per heavy atom. The Morgan fingerprint density at radius 2 is 2.05 bits per heavy atom. The van der Waals surface area contributed by atoms with Crippen molar-refractivity contribution in [3.05, 3.63) is 29.1 Å². The summed E-state index contributed by atoms with van der Waals surface area (Å²) in [6.45, 7) is 8.86. The van der Waals surface area contributed by atoms with Crippen LogP contribution in [0.15, 0.2) is 23.6 Å². The monoisotopic (exact) mass is 317 g/mol. The fraction of sp³-hybridized carbons (Fsp3) is 0.579. The van der Waals surface area contributed by atoms with E-state index >= 15 is 0 Å². The molecule has 0 radical (unpaired) electrons. The van der Waals surface area contributed by atoms with Gasteiger partial charge in [0.2, 0.25) is 0 Å². The third kappa shape index (κ3) is 3.47. The van der Waals surface area contributed by atoms with Gasteiger partial charge in [-0.3, -0.25) is 0 Å². The van der Waals surface area contributed by atoms with Gasteiger partial charge in [0.25, 0.3) is 0 Å². The molecular weight excluding hydrogens is 290 g/mol. The first-order valence-electron chi connectivity index (χ1n) is 8.68. The van der Waals surface area contributed by atoms with E-state index in [0.717, 1.165) is 18.3 Å². The van der Waals surface area contributed by atoms with Crippen molar-refractivity contribution in [3.8, 4) is 5.75 Å². The molecule has 1 aliphatic heterocycles. The molecular formula is C19H27NOS. The Labute approximate surface area is 138 Å². The number of piperidine rings is 1. The lowest BCUT2D eigenvalue weighted by atomic mass is 9.89. The molecule has 1 saturated heterocycles. The van der Waals surface area contributed by atoms with Gasteiger partial charge in [0.05, 0.1) is 6.61 Å². The molecule has 1 aromatic carbocycles. The van der Waals surface area contributed by atoms with Crippen LogP contribution in [0.3, 0.4) is 0 Å². The van der Waals surface area contributed by atoms with Crippen LogP contribution < -0.4 is 4.74 Å². The molecule has 2 nitrogen and oxygen atoms in total. The standard InChI is InChI=1S/C19H27NOS/c1-3-5-10-20-11-8-15(9-12-20)18-14-22-19-13-16(21-4-2)6-7-17(18)19/h6-7,13-15H,3-5,8-12H2,1-2H3. The fourth-order valence-corrected chi connectivity index (χ4v) is 4.52. The highest BCUT2D eigenvalue weighted by Gasteiger charge is 2.22. The molecule has 3 rings (SSSR count). The zero-order valence-electron chi connectivity index (χ0n) is 13.8. The van der Waals surface area contributed by atoms with Crippen molar-refractivity contribution in [3.63, 3.8) is 0 Å². The second-order valence-electron chi connectivity index (χ2n) is 6.25. The van der Waals surface area contributed by atoms with Crippen molar-refractivity contribution >= 4 is 21.4 Å². The van der Waals surface area contributed by atoms with Crippen LogP contribution in [0.1, 0.15) is 51.0 Å². The van der Waals surface area contributed by atoms with Crippen molar-refractivity contribution < 1.29 is 4.74 Å². The molecule has 22 heavy (non-hydrogen) atoms. The minimum Gasteiger partial charge on any atom is -0.494 e. The Bertz CT molecular complexity index is 599. The van der Waals surface area contributed by atoms with E-state index in [1.54, 1.807) is 5.56 Å². The molecule has 0 saturated carbocycles. The Hall–Kier alpha value is -1.06. The molecule has 0 N–H and O–H groups in total. The summed E-state index contributed by atoms with van der Waals surface area (Å²) < 4.78 is 6.99. The third-order valence-corrected chi connectivity index (χ3v) is 5.71. The summed E-state index contributed by atoms with van der Waals surface area (Å²) in [6.07, 6.45) is 5.26. The maximum Gasteiger partial charge on any atom is 0.120 e. The molecule has 0 aliphatic carbocycles. The van der Waals surface area contributed by atoms with Crippen LogP contribution >= 0.6 is 11.3 Å². The van der Waals surface area contributed by atoms with Gasteiger partial charge in [0, 0.05) is 4.70 Å². The van der Waals surface area contributed by atoms with Gasteiger partial charge in [0.1, 0.15) is 5.75 Å². The normalized spacial score (nSPS) is 17.2. The highest BCUT2D eigenvalue weighted by atomic mass is 32.1. The fourth-order valence-electron chi connectivity index (χ4n) is 3.45. The van der Waals surface area contributed by atoms with E-state index in [1.165, 1.54) is 55.4 Å². The topological polar surface area (TPSA) is 12.5 Å². The lowest BCUT2D eigenvalue weighted by molar-refractivity contribution is 0.210. The first-order chi connectivity index (χ1) is 10.8. The Kier molecular flexibility index (Phi) is 5.37. The lowest BCUT2D eigenvalue weighted by Crippen LogP contribution is -2.33. The van der Waals surface area contributed by atoms with Crippen molar-refractivity contribution in [1.29, 1.82) is 0 Å². The maximum atomic E-state index is 5.62. The number of ether oxygens (including phenoxy) is 1. The SMILES string of the molecule is CCCCN1CCC(c2csc3cc(OCC)ccc23)CC1. The number of likely N-dealkylation sites (tertiary alicyclic amines) is 1. The van der Waals surface area contributed by atoms with Crippen LogP contribution in [0.4, 0.5) is 0 Å². The van der Waals surface area contributed by atoms with Gasteiger partial charge in [-0.15, -0.1) is 11.3 Å². The molecule has 120 valence electrons. The summed E-state index contributed by atoms with van der Waals surface area (Å²) in [7, 11) is 0. The summed E-state index contributed by atoms with van der Waals surface area (Å²) in [6, 6.07) is 6.58. The van der Waals surface area contributed by atoms with Crippen LogP contribution in [0.25, 0.3) is 10.1 Å². The van der Waals surface area contributed by atoms with Crippen molar-refractivity contribution in [1.82, 2.24) is 4.90 Å². The second-order valence-corrected chi connectivity index (χ2v) is 7.16. The van der Waals surface area contributed by atoms with E-state index in [4.69, 9.17) is 4.74 Å². The average molecular weight is 317 g/mol. The van der Waals surface area contributed by atoms with Gasteiger partial charge in [-0.1, -0.05) is 13.3 Å². The molecule has 0 atom stereocenters. The van der Waals surface area contributed by atoms with Gasteiger partial charge < -0.3 is 9.64 Å². The zero-order chi connectivity index (χ0) is 15.4. The molecule has 2 heterocycles. The Morgan fingerprint density at radius 3 is 2.77 bits per heavy atom. The van der Waals surface area contributed by atoms with Crippen LogP contribution in [-0.2, 0) is 0 Å². The van der Waals surface area contributed by atoms with Gasteiger partial charge in [-0.25, -0.2) is 0 Å². The number of benzene rings is 1. The number of thiophene rings is 1. The summed E-state index contributed by atoms with van der Waals surface area (Å²) in [5.41, 5.74) is 1.57. The second kappa shape index (κ2) is 7.47. The summed E-state index contributed by atoms with van der Waals surface area (Å²) in [4.78, 5) is 2.64. The largest absolute Gasteiger partial charge is 0.494 e. The number of nitrogens with zero attached hydrogens (tertiary/aromatic N) is 1. The van der Waals surface area contributed by atoms with Crippen LogP contribution in [0.2, 0.25) is 0 Å². The van der Waals surface area contributed by atoms with E-state index in [1.807, 2.05) is 18.3 Å². The smallest absolute Gasteiger partial charge is 0.120 e. The van der Waals surface area contributed by atoms with Crippen molar-refractivity contribution in [2.45, 2.75) is 45.4 Å². The van der Waals surface area contributed by atoms with Crippen LogP contribution in [0, 0.1) is 0 Å². The number of rotatable bonds is 6.